The number of aliphatic hydroxyl groups is 1. The molecule has 0 saturated carbocycles. The highest BCUT2D eigenvalue weighted by Gasteiger charge is 2.21. The fourth-order valence-electron chi connectivity index (χ4n) is 0.436. The fraction of sp³-hybridized carbons (Fsp3) is 0.667. The third-order valence-electron chi connectivity index (χ3n) is 1.08. The minimum atomic E-state index is -1.60. The van der Waals surface area contributed by atoms with Gasteiger partial charge in [0.05, 0.1) is 7.11 Å². The molecule has 0 aromatic heterocycles. The number of esters is 1. The van der Waals surface area contributed by atoms with E-state index in [1.807, 2.05) is 0 Å². The van der Waals surface area contributed by atoms with Crippen molar-refractivity contribution in [1.82, 2.24) is 0 Å². The molecule has 10 heavy (non-hydrogen) atoms. The molecule has 4 heteroatoms. The molecule has 0 radical (unpaired) electrons. The van der Waals surface area contributed by atoms with E-state index in [1.54, 1.807) is 6.92 Å². The van der Waals surface area contributed by atoms with Gasteiger partial charge in [0.25, 0.3) is 0 Å². The molecule has 0 aromatic rings. The van der Waals surface area contributed by atoms with Crippen LogP contribution in [0.3, 0.4) is 0 Å². The van der Waals surface area contributed by atoms with Crippen molar-refractivity contribution < 1.29 is 19.4 Å². The maximum Gasteiger partial charge on any atom is 0.342 e. The Balaban J connectivity index is 3.94. The van der Waals surface area contributed by atoms with E-state index in [0.717, 1.165) is 7.11 Å². The van der Waals surface area contributed by atoms with E-state index in [2.05, 4.69) is 4.74 Å². The Morgan fingerprint density at radius 2 is 2.10 bits per heavy atom. The summed E-state index contributed by atoms with van der Waals surface area (Å²) in [5.41, 5.74) is 0. The monoisotopic (exact) mass is 146 g/mol. The molecule has 0 aliphatic carbocycles. The lowest BCUT2D eigenvalue weighted by Gasteiger charge is -2.03. The molecular weight excluding hydrogens is 136 g/mol. The van der Waals surface area contributed by atoms with Gasteiger partial charge in [-0.3, -0.25) is 4.79 Å². The molecule has 0 amide bonds. The molecule has 0 rings (SSSR count). The molecule has 1 N–H and O–H groups in total. The zero-order valence-corrected chi connectivity index (χ0v) is 5.96. The van der Waals surface area contributed by atoms with Gasteiger partial charge < -0.3 is 9.84 Å². The van der Waals surface area contributed by atoms with Crippen molar-refractivity contribution in [3.63, 3.8) is 0 Å². The number of carbonyl (C=O) groups excluding carboxylic acids is 2. The molecule has 0 fully saturated rings. The average Bonchev–Trinajstić information content (AvgIpc) is 2.00. The summed E-state index contributed by atoms with van der Waals surface area (Å²) in [6, 6.07) is 0. The van der Waals surface area contributed by atoms with Gasteiger partial charge in [-0.05, 0) is 0 Å². The molecule has 0 aliphatic rings. The highest BCUT2D eigenvalue weighted by molar-refractivity contribution is 6.01. The number of aliphatic hydroxyl groups excluding tert-OH is 1. The maximum absolute atomic E-state index is 10.6. The topological polar surface area (TPSA) is 63.6 Å². The second kappa shape index (κ2) is 4.00. The summed E-state index contributed by atoms with van der Waals surface area (Å²) in [6.45, 7) is 1.56. The van der Waals surface area contributed by atoms with Crippen molar-refractivity contribution in [2.75, 3.05) is 7.11 Å². The van der Waals surface area contributed by atoms with Gasteiger partial charge in [-0.2, -0.15) is 0 Å². The Kier molecular flexibility index (Phi) is 3.64. The first-order valence-corrected chi connectivity index (χ1v) is 2.92. The van der Waals surface area contributed by atoms with Gasteiger partial charge in [-0.25, -0.2) is 4.79 Å². The molecule has 4 nitrogen and oxygen atoms in total. The Hall–Kier alpha value is -0.900. The van der Waals surface area contributed by atoms with Gasteiger partial charge in [-0.1, -0.05) is 6.92 Å². The van der Waals surface area contributed by atoms with Crippen molar-refractivity contribution >= 4 is 11.8 Å². The first-order chi connectivity index (χ1) is 4.63. The molecule has 0 saturated heterocycles. The predicted octanol–water partition coefficient (Wildman–Crippen LogP) is -0.501. The second-order valence-corrected chi connectivity index (χ2v) is 1.75. The van der Waals surface area contributed by atoms with Crippen LogP contribution >= 0.6 is 0 Å². The van der Waals surface area contributed by atoms with Crippen LogP contribution in [0.5, 0.6) is 0 Å². The normalized spacial score (nSPS) is 12.3. The van der Waals surface area contributed by atoms with Crippen molar-refractivity contribution in [3.05, 3.63) is 0 Å². The number of hydrogen-bond acceptors (Lipinski definition) is 4. The summed E-state index contributed by atoms with van der Waals surface area (Å²) in [6.07, 6.45) is -1.47. The van der Waals surface area contributed by atoms with E-state index in [-0.39, 0.29) is 6.42 Å². The van der Waals surface area contributed by atoms with Crippen LogP contribution in [-0.2, 0) is 14.3 Å². The first-order valence-electron chi connectivity index (χ1n) is 2.92. The second-order valence-electron chi connectivity index (χ2n) is 1.75. The van der Waals surface area contributed by atoms with Gasteiger partial charge in [0.2, 0.25) is 6.10 Å². The van der Waals surface area contributed by atoms with Crippen LogP contribution in [0.4, 0.5) is 0 Å². The Labute approximate surface area is 58.8 Å². The Morgan fingerprint density at radius 3 is 2.40 bits per heavy atom. The number of carbonyl (C=O) groups is 2. The highest BCUT2D eigenvalue weighted by Crippen LogP contribution is 1.92. The molecule has 0 spiro atoms. The van der Waals surface area contributed by atoms with Crippen LogP contribution in [0.15, 0.2) is 0 Å². The number of ether oxygens (including phenoxy) is 1. The van der Waals surface area contributed by atoms with Gasteiger partial charge in [0.1, 0.15) is 0 Å². The van der Waals surface area contributed by atoms with Crippen molar-refractivity contribution in [1.29, 1.82) is 0 Å². The molecule has 58 valence electrons. The molecular formula is C6H10O4. The first kappa shape index (κ1) is 9.10. The maximum atomic E-state index is 10.6. The van der Waals surface area contributed by atoms with E-state index in [1.165, 1.54) is 0 Å². The van der Waals surface area contributed by atoms with E-state index in [4.69, 9.17) is 5.11 Å². The average molecular weight is 146 g/mol. The smallest absolute Gasteiger partial charge is 0.342 e. The van der Waals surface area contributed by atoms with Gasteiger partial charge in [0.15, 0.2) is 5.78 Å². The standard InChI is InChI=1S/C6H10O4/c1-3-4(7)5(8)6(9)10-2/h5,8H,3H2,1-2H3. The van der Waals surface area contributed by atoms with Crippen LogP contribution in [0, 0.1) is 0 Å². The summed E-state index contributed by atoms with van der Waals surface area (Å²) in [5, 5.41) is 8.76. The zero-order chi connectivity index (χ0) is 8.15. The van der Waals surface area contributed by atoms with E-state index in [9.17, 15) is 9.59 Å². The van der Waals surface area contributed by atoms with Crippen LogP contribution in [0.25, 0.3) is 0 Å². The van der Waals surface area contributed by atoms with E-state index < -0.39 is 17.9 Å². The number of hydrogen-bond donors (Lipinski definition) is 1. The lowest BCUT2D eigenvalue weighted by Crippen LogP contribution is -2.30. The predicted molar refractivity (Wildman–Crippen MR) is 33.3 cm³/mol. The molecule has 0 bridgehead atoms. The van der Waals surface area contributed by atoms with Crippen molar-refractivity contribution in [2.24, 2.45) is 0 Å². The highest BCUT2D eigenvalue weighted by atomic mass is 16.5. The molecule has 0 aromatic carbocycles. The minimum absolute atomic E-state index is 0.135. The number of rotatable bonds is 3. The summed E-state index contributed by atoms with van der Waals surface area (Å²) in [5.74, 6) is -1.42. The van der Waals surface area contributed by atoms with Crippen LogP contribution < -0.4 is 0 Å². The largest absolute Gasteiger partial charge is 0.467 e. The number of methoxy groups -OCH3 is 1. The summed E-state index contributed by atoms with van der Waals surface area (Å²) < 4.78 is 4.13. The minimum Gasteiger partial charge on any atom is -0.467 e. The van der Waals surface area contributed by atoms with E-state index in [0.29, 0.717) is 0 Å². The van der Waals surface area contributed by atoms with Gasteiger partial charge in [0, 0.05) is 6.42 Å². The van der Waals surface area contributed by atoms with Crippen LogP contribution in [-0.4, -0.2) is 30.1 Å². The Morgan fingerprint density at radius 1 is 1.60 bits per heavy atom. The molecule has 1 atom stereocenters. The fourth-order valence-corrected chi connectivity index (χ4v) is 0.436. The van der Waals surface area contributed by atoms with Crippen molar-refractivity contribution in [3.8, 4) is 0 Å². The quantitative estimate of drug-likeness (QED) is 0.430. The van der Waals surface area contributed by atoms with Gasteiger partial charge in [-0.15, -0.1) is 0 Å². The summed E-state index contributed by atoms with van der Waals surface area (Å²) in [7, 11) is 1.12. The number of Topliss-reactive ketones (excluding diaryl/α,β-unsaturated/α-hetero) is 1. The number of ketones is 1. The molecule has 0 heterocycles. The SMILES string of the molecule is CCC(=O)C(O)C(=O)OC. The zero-order valence-electron chi connectivity index (χ0n) is 5.96. The third-order valence-corrected chi connectivity index (χ3v) is 1.08. The van der Waals surface area contributed by atoms with E-state index >= 15 is 0 Å². The van der Waals surface area contributed by atoms with Crippen molar-refractivity contribution in [2.45, 2.75) is 19.4 Å². The molecule has 1 unspecified atom stereocenters. The molecule has 0 aliphatic heterocycles. The van der Waals surface area contributed by atoms with Crippen LogP contribution in [0.1, 0.15) is 13.3 Å². The van der Waals surface area contributed by atoms with Gasteiger partial charge >= 0.3 is 5.97 Å². The lowest BCUT2D eigenvalue weighted by atomic mass is 10.2. The lowest BCUT2D eigenvalue weighted by molar-refractivity contribution is -0.155. The van der Waals surface area contributed by atoms with Crippen LogP contribution in [0.2, 0.25) is 0 Å². The summed E-state index contributed by atoms with van der Waals surface area (Å²) >= 11 is 0. The Bertz CT molecular complexity index is 125. The third kappa shape index (κ3) is 2.14. The summed E-state index contributed by atoms with van der Waals surface area (Å²) in [4.78, 5) is 21.0.